The minimum absolute atomic E-state index is 0.0905. The molecule has 0 fully saturated rings. The number of carbonyl (C=O) groups excluding carboxylic acids is 3. The second-order valence-electron chi connectivity index (χ2n) is 23.6. The van der Waals surface area contributed by atoms with Gasteiger partial charge in [-0.05, 0) is 122 Å². The lowest BCUT2D eigenvalue weighted by atomic mass is 10.1. The Bertz CT molecular complexity index is 2050. The standard InChI is InChI=1S/C73H128O16P2/c1-4-7-10-13-16-19-22-25-28-29-30-31-32-33-34-35-36-37-40-42-44-47-50-53-56-59-71(76)83-62-68(74)63-85-90(79,80)86-64-69(75)65-87-91(81,82)88-67-70(89-73(78)61-58-55-52-49-46-43-39-27-24-21-18-15-12-9-6-3)66-84-72(77)60-57-54-51-48-45-41-38-26-23-20-17-14-11-8-5-2/h8,11,16-17,19-20,25-28,30-31,33-34,38-39,68-70,74-75H,4-7,9-10,12-15,18,21-24,29,32,35-37,40-67H2,1-3H3,(H,79,80)(H,81,82)/b11-8-,19-16-,20-17-,28-25-,31-30-,34-33-,38-26-,39-27-. The van der Waals surface area contributed by atoms with Crippen LogP contribution in [-0.2, 0) is 55.8 Å². The average molecular weight is 1320 g/mol. The number of ether oxygens (including phenoxy) is 3. The van der Waals surface area contributed by atoms with E-state index in [0.717, 1.165) is 141 Å². The fourth-order valence-electron chi connectivity index (χ4n) is 9.33. The first kappa shape index (κ1) is 87.5. The third kappa shape index (κ3) is 67.7. The van der Waals surface area contributed by atoms with E-state index in [0.29, 0.717) is 19.3 Å². The molecule has 5 unspecified atom stereocenters. The zero-order valence-electron chi connectivity index (χ0n) is 57.0. The third-order valence-corrected chi connectivity index (χ3v) is 16.7. The van der Waals surface area contributed by atoms with Crippen molar-refractivity contribution in [1.82, 2.24) is 0 Å². The number of phosphoric acid groups is 2. The molecule has 16 nitrogen and oxygen atoms in total. The van der Waals surface area contributed by atoms with E-state index in [1.807, 2.05) is 0 Å². The molecule has 526 valence electrons. The number of hydrogen-bond donors (Lipinski definition) is 4. The van der Waals surface area contributed by atoms with Crippen molar-refractivity contribution in [3.05, 3.63) is 97.2 Å². The molecule has 0 radical (unpaired) electrons. The van der Waals surface area contributed by atoms with Gasteiger partial charge in [0.1, 0.15) is 25.4 Å². The molecule has 0 heterocycles. The van der Waals surface area contributed by atoms with Gasteiger partial charge in [-0.1, -0.05) is 246 Å². The first-order valence-electron chi connectivity index (χ1n) is 35.5. The number of carbonyl (C=O) groups is 3. The van der Waals surface area contributed by atoms with Crippen molar-refractivity contribution >= 4 is 33.6 Å². The van der Waals surface area contributed by atoms with Gasteiger partial charge in [-0.25, -0.2) is 9.13 Å². The minimum atomic E-state index is -4.93. The van der Waals surface area contributed by atoms with Gasteiger partial charge in [-0.3, -0.25) is 32.5 Å². The van der Waals surface area contributed by atoms with Crippen molar-refractivity contribution in [2.45, 2.75) is 309 Å². The van der Waals surface area contributed by atoms with Crippen LogP contribution in [0.5, 0.6) is 0 Å². The SMILES string of the molecule is CC/C=C\C/C=C\C/C=C\CCCCCCCC(=O)OCC(COP(=O)(O)OCC(O)COP(=O)(O)OCC(O)COC(=O)CCCCCCCCCCC/C=C\C/C=C\C/C=C\C/C=C\CCCCC)OC(=O)CCCCCCC/C=C\CCCCCCCC. The maximum atomic E-state index is 12.9. The summed E-state index contributed by atoms with van der Waals surface area (Å²) in [5.74, 6) is -1.61. The molecule has 0 aromatic heterocycles. The van der Waals surface area contributed by atoms with Crippen LogP contribution in [0.3, 0.4) is 0 Å². The van der Waals surface area contributed by atoms with Gasteiger partial charge in [-0.2, -0.15) is 0 Å². The van der Waals surface area contributed by atoms with Crippen molar-refractivity contribution in [1.29, 1.82) is 0 Å². The molecule has 5 atom stereocenters. The highest BCUT2D eigenvalue weighted by Crippen LogP contribution is 2.45. The predicted octanol–water partition coefficient (Wildman–Crippen LogP) is 19.9. The number of aliphatic hydroxyl groups excluding tert-OH is 2. The summed E-state index contributed by atoms with van der Waals surface area (Å²) >= 11 is 0. The summed E-state index contributed by atoms with van der Waals surface area (Å²) in [5.41, 5.74) is 0. The largest absolute Gasteiger partial charge is 0.472 e. The Morgan fingerprint density at radius 3 is 0.956 bits per heavy atom. The lowest BCUT2D eigenvalue weighted by molar-refractivity contribution is -0.161. The van der Waals surface area contributed by atoms with E-state index in [-0.39, 0.29) is 19.3 Å². The molecule has 91 heavy (non-hydrogen) atoms. The lowest BCUT2D eigenvalue weighted by Gasteiger charge is -2.21. The number of aliphatic hydroxyl groups is 2. The van der Waals surface area contributed by atoms with Crippen molar-refractivity contribution < 1.29 is 75.8 Å². The molecule has 0 aliphatic carbocycles. The average Bonchev–Trinajstić information content (AvgIpc) is 3.30. The maximum absolute atomic E-state index is 12.9. The molecule has 0 aromatic rings. The van der Waals surface area contributed by atoms with Crippen LogP contribution in [0.1, 0.15) is 290 Å². The first-order chi connectivity index (χ1) is 44.2. The Morgan fingerprint density at radius 2 is 0.582 bits per heavy atom. The molecular formula is C73H128O16P2. The third-order valence-electron chi connectivity index (χ3n) is 14.8. The van der Waals surface area contributed by atoms with Crippen LogP contribution in [0.4, 0.5) is 0 Å². The molecule has 0 aliphatic rings. The number of phosphoric ester groups is 2. The molecule has 0 saturated carbocycles. The molecule has 0 spiro atoms. The Morgan fingerprint density at radius 1 is 0.319 bits per heavy atom. The van der Waals surface area contributed by atoms with Crippen molar-refractivity contribution in [3.8, 4) is 0 Å². The number of esters is 3. The van der Waals surface area contributed by atoms with Crippen LogP contribution in [0.25, 0.3) is 0 Å². The summed E-state index contributed by atoms with van der Waals surface area (Å²) in [7, 11) is -9.78. The normalized spacial score (nSPS) is 14.8. The van der Waals surface area contributed by atoms with E-state index < -0.39 is 91.5 Å². The highest BCUT2D eigenvalue weighted by atomic mass is 31.2. The number of hydrogen-bond acceptors (Lipinski definition) is 14. The summed E-state index contributed by atoms with van der Waals surface area (Å²) in [6.07, 6.45) is 73.1. The van der Waals surface area contributed by atoms with Crippen molar-refractivity contribution in [2.75, 3.05) is 39.6 Å². The van der Waals surface area contributed by atoms with E-state index in [2.05, 4.69) is 118 Å². The van der Waals surface area contributed by atoms with Crippen LogP contribution >= 0.6 is 15.6 Å². The predicted molar refractivity (Wildman–Crippen MR) is 371 cm³/mol. The van der Waals surface area contributed by atoms with Gasteiger partial charge in [0.15, 0.2) is 6.10 Å². The maximum Gasteiger partial charge on any atom is 0.472 e. The van der Waals surface area contributed by atoms with Gasteiger partial charge in [0.25, 0.3) is 0 Å². The van der Waals surface area contributed by atoms with Gasteiger partial charge in [-0.15, -0.1) is 0 Å². The van der Waals surface area contributed by atoms with Crippen molar-refractivity contribution in [2.24, 2.45) is 0 Å². The fraction of sp³-hybridized carbons (Fsp3) is 0.740. The van der Waals surface area contributed by atoms with Gasteiger partial charge < -0.3 is 34.2 Å². The number of unbranched alkanes of at least 4 members (excludes halogenated alkanes) is 28. The Labute approximate surface area is 552 Å². The zero-order chi connectivity index (χ0) is 66.7. The smallest absolute Gasteiger partial charge is 0.463 e. The van der Waals surface area contributed by atoms with Crippen LogP contribution in [0.15, 0.2) is 97.2 Å². The molecule has 4 N–H and O–H groups in total. The fourth-order valence-corrected chi connectivity index (χ4v) is 10.9. The summed E-state index contributed by atoms with van der Waals surface area (Å²) in [4.78, 5) is 58.4. The highest BCUT2D eigenvalue weighted by molar-refractivity contribution is 7.47. The molecule has 0 rings (SSSR count). The van der Waals surface area contributed by atoms with Crippen LogP contribution in [0.2, 0.25) is 0 Å². The monoisotopic (exact) mass is 1320 g/mol. The molecule has 0 aromatic carbocycles. The van der Waals surface area contributed by atoms with E-state index in [1.165, 1.54) is 89.9 Å². The molecule has 0 amide bonds. The Balaban J connectivity index is 4.57. The highest BCUT2D eigenvalue weighted by Gasteiger charge is 2.29. The Kier molecular flexibility index (Phi) is 63.9. The quantitative estimate of drug-likeness (QED) is 0.0146. The van der Waals surface area contributed by atoms with Crippen molar-refractivity contribution in [3.63, 3.8) is 0 Å². The Hall–Kier alpha value is -3.53. The summed E-state index contributed by atoms with van der Waals surface area (Å²) in [5, 5.41) is 20.6. The lowest BCUT2D eigenvalue weighted by Crippen LogP contribution is -2.30. The van der Waals surface area contributed by atoms with Gasteiger partial charge in [0.05, 0.1) is 26.4 Å². The second kappa shape index (κ2) is 66.5. The van der Waals surface area contributed by atoms with Gasteiger partial charge >= 0.3 is 33.6 Å². The van der Waals surface area contributed by atoms with Crippen LogP contribution in [-0.4, -0.2) is 95.9 Å². The zero-order valence-corrected chi connectivity index (χ0v) is 58.8. The van der Waals surface area contributed by atoms with E-state index in [9.17, 15) is 43.5 Å². The molecular weight excluding hydrogens is 1190 g/mol. The minimum Gasteiger partial charge on any atom is -0.463 e. The van der Waals surface area contributed by atoms with Gasteiger partial charge in [0.2, 0.25) is 0 Å². The first-order valence-corrected chi connectivity index (χ1v) is 38.5. The molecule has 0 saturated heterocycles. The van der Waals surface area contributed by atoms with Crippen LogP contribution in [0, 0.1) is 0 Å². The van der Waals surface area contributed by atoms with Gasteiger partial charge in [0, 0.05) is 19.3 Å². The van der Waals surface area contributed by atoms with E-state index in [1.54, 1.807) is 0 Å². The molecule has 0 aliphatic heterocycles. The summed E-state index contributed by atoms with van der Waals surface area (Å²) in [6.45, 7) is 2.50. The number of allylic oxidation sites excluding steroid dienone is 16. The summed E-state index contributed by atoms with van der Waals surface area (Å²) in [6, 6.07) is 0. The van der Waals surface area contributed by atoms with Crippen LogP contribution < -0.4 is 0 Å². The number of rotatable bonds is 67. The summed E-state index contributed by atoms with van der Waals surface area (Å²) < 4.78 is 60.9. The van der Waals surface area contributed by atoms with E-state index in [4.69, 9.17) is 32.3 Å². The van der Waals surface area contributed by atoms with E-state index >= 15 is 0 Å². The topological polar surface area (TPSA) is 231 Å². The molecule has 0 bridgehead atoms. The second-order valence-corrected chi connectivity index (χ2v) is 26.6. The molecule has 18 heteroatoms.